The quantitative estimate of drug-likeness (QED) is 0.730. The second-order valence-corrected chi connectivity index (χ2v) is 7.88. The SMILES string of the molecule is CC(C)(C)CCCC(O)CSc1cccc(Br)c1. The van der Waals surface area contributed by atoms with E-state index in [1.807, 2.05) is 12.1 Å². The summed E-state index contributed by atoms with van der Waals surface area (Å²) >= 11 is 5.18. The lowest BCUT2D eigenvalue weighted by Crippen LogP contribution is -2.12. The highest BCUT2D eigenvalue weighted by Crippen LogP contribution is 2.25. The first-order chi connectivity index (χ1) is 8.37. The second-order valence-electron chi connectivity index (χ2n) is 5.88. The summed E-state index contributed by atoms with van der Waals surface area (Å²) in [5.41, 5.74) is 0.372. The molecule has 0 heterocycles. The Morgan fingerprint density at radius 3 is 2.67 bits per heavy atom. The van der Waals surface area contributed by atoms with Gasteiger partial charge in [0.2, 0.25) is 0 Å². The molecule has 18 heavy (non-hydrogen) atoms. The van der Waals surface area contributed by atoms with Crippen LogP contribution in [0.15, 0.2) is 33.6 Å². The van der Waals surface area contributed by atoms with Gasteiger partial charge < -0.3 is 5.11 Å². The van der Waals surface area contributed by atoms with E-state index in [0.717, 1.165) is 23.1 Å². The molecular weight excluding hydrogens is 308 g/mol. The van der Waals surface area contributed by atoms with Gasteiger partial charge in [-0.15, -0.1) is 11.8 Å². The topological polar surface area (TPSA) is 20.2 Å². The normalized spacial score (nSPS) is 13.6. The molecule has 0 spiro atoms. The van der Waals surface area contributed by atoms with Crippen LogP contribution in [0.4, 0.5) is 0 Å². The molecule has 0 aliphatic carbocycles. The lowest BCUT2D eigenvalue weighted by Gasteiger charge is -2.18. The van der Waals surface area contributed by atoms with E-state index in [9.17, 15) is 5.11 Å². The van der Waals surface area contributed by atoms with Crippen LogP contribution in [0, 0.1) is 5.41 Å². The van der Waals surface area contributed by atoms with Crippen LogP contribution >= 0.6 is 27.7 Å². The van der Waals surface area contributed by atoms with E-state index in [-0.39, 0.29) is 6.10 Å². The first-order valence-corrected chi connectivity index (χ1v) is 8.21. The number of thioether (sulfide) groups is 1. The maximum Gasteiger partial charge on any atom is 0.0634 e. The summed E-state index contributed by atoms with van der Waals surface area (Å²) in [4.78, 5) is 1.21. The molecule has 0 saturated heterocycles. The van der Waals surface area contributed by atoms with E-state index in [0.29, 0.717) is 5.41 Å². The predicted molar refractivity (Wildman–Crippen MR) is 84.2 cm³/mol. The fourth-order valence-corrected chi connectivity index (χ4v) is 3.19. The zero-order chi connectivity index (χ0) is 13.6. The summed E-state index contributed by atoms with van der Waals surface area (Å²) in [6.45, 7) is 6.74. The fourth-order valence-electron chi connectivity index (χ4n) is 1.70. The van der Waals surface area contributed by atoms with Crippen molar-refractivity contribution < 1.29 is 5.11 Å². The zero-order valence-corrected chi connectivity index (χ0v) is 13.9. The van der Waals surface area contributed by atoms with Gasteiger partial charge in [0, 0.05) is 15.1 Å². The highest BCUT2D eigenvalue weighted by atomic mass is 79.9. The van der Waals surface area contributed by atoms with Crippen LogP contribution in [0.3, 0.4) is 0 Å². The van der Waals surface area contributed by atoms with E-state index in [1.165, 1.54) is 11.3 Å². The maximum atomic E-state index is 9.94. The van der Waals surface area contributed by atoms with Gasteiger partial charge in [-0.3, -0.25) is 0 Å². The highest BCUT2D eigenvalue weighted by molar-refractivity contribution is 9.10. The van der Waals surface area contributed by atoms with E-state index in [1.54, 1.807) is 11.8 Å². The Morgan fingerprint density at radius 2 is 2.06 bits per heavy atom. The number of hydrogen-bond donors (Lipinski definition) is 1. The molecule has 1 aromatic rings. The van der Waals surface area contributed by atoms with Crippen molar-refractivity contribution in [3.05, 3.63) is 28.7 Å². The molecule has 1 nitrogen and oxygen atoms in total. The molecule has 0 fully saturated rings. The zero-order valence-electron chi connectivity index (χ0n) is 11.4. The number of hydrogen-bond acceptors (Lipinski definition) is 2. The van der Waals surface area contributed by atoms with Crippen molar-refractivity contribution in [3.8, 4) is 0 Å². The molecule has 0 aliphatic rings. The molecule has 1 rings (SSSR count). The molecule has 0 bridgehead atoms. The highest BCUT2D eigenvalue weighted by Gasteiger charge is 2.11. The molecule has 1 unspecified atom stereocenters. The van der Waals surface area contributed by atoms with Crippen molar-refractivity contribution in [2.24, 2.45) is 5.41 Å². The average Bonchev–Trinajstić information content (AvgIpc) is 2.25. The molecule has 3 heteroatoms. The van der Waals surface area contributed by atoms with Crippen LogP contribution in [0.1, 0.15) is 40.0 Å². The van der Waals surface area contributed by atoms with Crippen molar-refractivity contribution in [3.63, 3.8) is 0 Å². The van der Waals surface area contributed by atoms with Crippen LogP contribution in [0.25, 0.3) is 0 Å². The Morgan fingerprint density at radius 1 is 1.33 bits per heavy atom. The minimum atomic E-state index is -0.198. The largest absolute Gasteiger partial charge is 0.392 e. The van der Waals surface area contributed by atoms with Gasteiger partial charge in [-0.1, -0.05) is 49.2 Å². The number of halogens is 1. The van der Waals surface area contributed by atoms with Crippen molar-refractivity contribution >= 4 is 27.7 Å². The lowest BCUT2D eigenvalue weighted by atomic mass is 9.89. The maximum absolute atomic E-state index is 9.94. The standard InChI is InChI=1S/C15H23BrOS/c1-15(2,3)9-5-7-13(17)11-18-14-8-4-6-12(16)10-14/h4,6,8,10,13,17H,5,7,9,11H2,1-3H3. The molecule has 1 N–H and O–H groups in total. The Hall–Kier alpha value is 0.01000. The van der Waals surface area contributed by atoms with Gasteiger partial charge in [-0.05, 0) is 36.5 Å². The molecule has 102 valence electrons. The van der Waals surface area contributed by atoms with Crippen LogP contribution in [-0.4, -0.2) is 17.0 Å². The summed E-state index contributed by atoms with van der Waals surface area (Å²) in [6.07, 6.45) is 2.98. The molecule has 0 amide bonds. The molecule has 1 atom stereocenters. The summed E-state index contributed by atoms with van der Waals surface area (Å²) in [6, 6.07) is 8.21. The Labute approximate surface area is 124 Å². The Bertz CT molecular complexity index is 360. The summed E-state index contributed by atoms with van der Waals surface area (Å²) < 4.78 is 1.09. The number of aliphatic hydroxyl groups excluding tert-OH is 1. The van der Waals surface area contributed by atoms with E-state index in [4.69, 9.17) is 0 Å². The summed E-state index contributed by atoms with van der Waals surface area (Å²) in [7, 11) is 0. The van der Waals surface area contributed by atoms with Gasteiger partial charge in [0.25, 0.3) is 0 Å². The van der Waals surface area contributed by atoms with E-state index in [2.05, 4.69) is 48.8 Å². The third-order valence-electron chi connectivity index (χ3n) is 2.70. The number of benzene rings is 1. The monoisotopic (exact) mass is 330 g/mol. The van der Waals surface area contributed by atoms with Crippen molar-refractivity contribution in [2.45, 2.75) is 51.0 Å². The van der Waals surface area contributed by atoms with Gasteiger partial charge in [0.1, 0.15) is 0 Å². The third kappa shape index (κ3) is 7.45. The Balaban J connectivity index is 2.23. The van der Waals surface area contributed by atoms with Crippen LogP contribution in [0.5, 0.6) is 0 Å². The fraction of sp³-hybridized carbons (Fsp3) is 0.600. The van der Waals surface area contributed by atoms with Crippen molar-refractivity contribution in [1.29, 1.82) is 0 Å². The van der Waals surface area contributed by atoms with E-state index < -0.39 is 0 Å². The van der Waals surface area contributed by atoms with Gasteiger partial charge in [-0.2, -0.15) is 0 Å². The van der Waals surface area contributed by atoms with Crippen molar-refractivity contribution in [2.75, 3.05) is 5.75 Å². The van der Waals surface area contributed by atoms with E-state index >= 15 is 0 Å². The van der Waals surface area contributed by atoms with Crippen LogP contribution in [0.2, 0.25) is 0 Å². The smallest absolute Gasteiger partial charge is 0.0634 e. The molecular formula is C15H23BrOS. The van der Waals surface area contributed by atoms with Gasteiger partial charge >= 0.3 is 0 Å². The third-order valence-corrected chi connectivity index (χ3v) is 4.33. The number of aliphatic hydroxyl groups is 1. The molecule has 0 saturated carbocycles. The Kier molecular flexibility index (Phi) is 6.75. The van der Waals surface area contributed by atoms with Crippen molar-refractivity contribution in [1.82, 2.24) is 0 Å². The predicted octanol–water partition coefficient (Wildman–Crippen LogP) is 5.12. The second kappa shape index (κ2) is 7.56. The summed E-state index contributed by atoms with van der Waals surface area (Å²) in [5.74, 6) is 0.778. The number of rotatable bonds is 6. The van der Waals surface area contributed by atoms with Gasteiger partial charge in [0.15, 0.2) is 0 Å². The summed E-state index contributed by atoms with van der Waals surface area (Å²) in [5, 5.41) is 9.94. The molecule has 0 radical (unpaired) electrons. The van der Waals surface area contributed by atoms with Crippen LogP contribution < -0.4 is 0 Å². The molecule has 1 aromatic carbocycles. The molecule has 0 aromatic heterocycles. The first-order valence-electron chi connectivity index (χ1n) is 6.43. The van der Waals surface area contributed by atoms with Crippen LogP contribution in [-0.2, 0) is 0 Å². The minimum absolute atomic E-state index is 0.198. The minimum Gasteiger partial charge on any atom is -0.392 e. The van der Waals surface area contributed by atoms with Gasteiger partial charge in [-0.25, -0.2) is 0 Å². The van der Waals surface area contributed by atoms with Gasteiger partial charge in [0.05, 0.1) is 6.10 Å². The molecule has 0 aliphatic heterocycles. The first kappa shape index (κ1) is 16.1. The average molecular weight is 331 g/mol. The lowest BCUT2D eigenvalue weighted by molar-refractivity contribution is 0.178.